The Morgan fingerprint density at radius 1 is 1.11 bits per heavy atom. The van der Waals surface area contributed by atoms with Crippen molar-refractivity contribution in [2.45, 2.75) is 64.5 Å². The maximum atomic E-state index is 12.2. The SMILES string of the molecule is CCOC(=O)C(C)NC1(C(=O)OCC)CCCCC1. The molecule has 0 aliphatic heterocycles. The van der Waals surface area contributed by atoms with Crippen molar-refractivity contribution in [2.75, 3.05) is 13.2 Å². The van der Waals surface area contributed by atoms with Crippen LogP contribution in [0.25, 0.3) is 0 Å². The molecule has 0 bridgehead atoms. The fourth-order valence-electron chi connectivity index (χ4n) is 2.57. The Bertz CT molecular complexity index is 311. The molecule has 0 amide bonds. The predicted octanol–water partition coefficient (Wildman–Crippen LogP) is 1.79. The molecule has 0 aromatic carbocycles. The van der Waals surface area contributed by atoms with E-state index in [0.29, 0.717) is 13.2 Å². The van der Waals surface area contributed by atoms with Gasteiger partial charge in [-0.15, -0.1) is 0 Å². The van der Waals surface area contributed by atoms with E-state index in [-0.39, 0.29) is 11.9 Å². The van der Waals surface area contributed by atoms with E-state index < -0.39 is 11.6 Å². The Balaban J connectivity index is 2.74. The van der Waals surface area contributed by atoms with Gasteiger partial charge in [-0.05, 0) is 33.6 Å². The minimum atomic E-state index is -0.722. The second kappa shape index (κ2) is 7.48. The highest BCUT2D eigenvalue weighted by Crippen LogP contribution is 2.30. The summed E-state index contributed by atoms with van der Waals surface area (Å²) in [4.78, 5) is 23.9. The Hall–Kier alpha value is -1.10. The van der Waals surface area contributed by atoms with Crippen molar-refractivity contribution in [1.29, 1.82) is 0 Å². The molecule has 0 saturated heterocycles. The number of hydrogen-bond donors (Lipinski definition) is 1. The first-order valence-corrected chi connectivity index (χ1v) is 7.17. The molecule has 1 aliphatic carbocycles. The summed E-state index contributed by atoms with van der Waals surface area (Å²) in [5, 5.41) is 3.15. The zero-order valence-electron chi connectivity index (χ0n) is 12.2. The van der Waals surface area contributed by atoms with Crippen LogP contribution in [0.3, 0.4) is 0 Å². The molecular formula is C14H25NO4. The lowest BCUT2D eigenvalue weighted by molar-refractivity contribution is -0.155. The number of rotatable bonds is 6. The lowest BCUT2D eigenvalue weighted by Gasteiger charge is -2.37. The van der Waals surface area contributed by atoms with Crippen LogP contribution in [0.4, 0.5) is 0 Å². The van der Waals surface area contributed by atoms with Crippen molar-refractivity contribution < 1.29 is 19.1 Å². The fourth-order valence-corrected chi connectivity index (χ4v) is 2.57. The third-order valence-corrected chi connectivity index (χ3v) is 3.51. The number of hydrogen-bond acceptors (Lipinski definition) is 5. The van der Waals surface area contributed by atoms with Gasteiger partial charge in [0.15, 0.2) is 0 Å². The number of nitrogens with one attached hydrogen (secondary N) is 1. The summed E-state index contributed by atoms with van der Waals surface area (Å²) in [6, 6.07) is -0.498. The molecule has 1 fully saturated rings. The molecule has 1 N–H and O–H groups in total. The number of ether oxygens (including phenoxy) is 2. The van der Waals surface area contributed by atoms with Gasteiger partial charge in [0.25, 0.3) is 0 Å². The van der Waals surface area contributed by atoms with Crippen LogP contribution in [-0.4, -0.2) is 36.7 Å². The normalized spacial score (nSPS) is 19.5. The number of carbonyl (C=O) groups excluding carboxylic acids is 2. The molecule has 0 heterocycles. The Morgan fingerprint density at radius 3 is 2.21 bits per heavy atom. The lowest BCUT2D eigenvalue weighted by Crippen LogP contribution is -2.59. The van der Waals surface area contributed by atoms with Crippen LogP contribution in [0.5, 0.6) is 0 Å². The molecule has 19 heavy (non-hydrogen) atoms. The highest BCUT2D eigenvalue weighted by atomic mass is 16.5. The Kier molecular flexibility index (Phi) is 6.28. The van der Waals surface area contributed by atoms with Gasteiger partial charge in [-0.3, -0.25) is 14.9 Å². The summed E-state index contributed by atoms with van der Waals surface area (Å²) in [7, 11) is 0. The van der Waals surface area contributed by atoms with E-state index in [1.54, 1.807) is 20.8 Å². The molecule has 1 aliphatic rings. The molecule has 0 aromatic rings. The summed E-state index contributed by atoms with van der Waals surface area (Å²) < 4.78 is 10.1. The average molecular weight is 271 g/mol. The van der Waals surface area contributed by atoms with Crippen molar-refractivity contribution in [2.24, 2.45) is 0 Å². The molecule has 0 radical (unpaired) electrons. The smallest absolute Gasteiger partial charge is 0.326 e. The number of esters is 2. The Labute approximate surface area is 115 Å². The van der Waals surface area contributed by atoms with Gasteiger partial charge < -0.3 is 9.47 Å². The molecule has 1 unspecified atom stereocenters. The van der Waals surface area contributed by atoms with Crippen LogP contribution in [0.2, 0.25) is 0 Å². The van der Waals surface area contributed by atoms with E-state index in [1.165, 1.54) is 0 Å². The van der Waals surface area contributed by atoms with Crippen molar-refractivity contribution in [1.82, 2.24) is 5.32 Å². The highest BCUT2D eigenvalue weighted by molar-refractivity contribution is 5.83. The van der Waals surface area contributed by atoms with E-state index >= 15 is 0 Å². The zero-order valence-corrected chi connectivity index (χ0v) is 12.2. The largest absolute Gasteiger partial charge is 0.465 e. The van der Waals surface area contributed by atoms with Gasteiger partial charge in [0.2, 0.25) is 0 Å². The zero-order chi connectivity index (χ0) is 14.3. The molecule has 1 saturated carbocycles. The van der Waals surface area contributed by atoms with Crippen LogP contribution < -0.4 is 5.32 Å². The first-order chi connectivity index (χ1) is 9.05. The topological polar surface area (TPSA) is 64.6 Å². The molecule has 110 valence electrons. The van der Waals surface area contributed by atoms with E-state index in [4.69, 9.17) is 9.47 Å². The van der Waals surface area contributed by atoms with Crippen LogP contribution in [-0.2, 0) is 19.1 Å². The van der Waals surface area contributed by atoms with Crippen molar-refractivity contribution in [3.8, 4) is 0 Å². The first kappa shape index (κ1) is 16.0. The number of carbonyl (C=O) groups is 2. The minimum Gasteiger partial charge on any atom is -0.465 e. The van der Waals surface area contributed by atoms with Gasteiger partial charge in [-0.25, -0.2) is 0 Å². The molecule has 0 spiro atoms. The van der Waals surface area contributed by atoms with Crippen molar-refractivity contribution in [3.63, 3.8) is 0 Å². The standard InChI is InChI=1S/C14H25NO4/c1-4-18-12(16)11(3)15-14(13(17)19-5-2)9-7-6-8-10-14/h11,15H,4-10H2,1-3H3. The summed E-state index contributed by atoms with van der Waals surface area (Å²) in [6.07, 6.45) is 4.50. The highest BCUT2D eigenvalue weighted by Gasteiger charge is 2.42. The van der Waals surface area contributed by atoms with Gasteiger partial charge in [-0.1, -0.05) is 19.3 Å². The van der Waals surface area contributed by atoms with Gasteiger partial charge >= 0.3 is 11.9 Å². The van der Waals surface area contributed by atoms with Gasteiger partial charge in [0.05, 0.1) is 13.2 Å². The summed E-state index contributed by atoms with van der Waals surface area (Å²) >= 11 is 0. The van der Waals surface area contributed by atoms with E-state index in [1.807, 2.05) is 0 Å². The van der Waals surface area contributed by atoms with Crippen molar-refractivity contribution in [3.05, 3.63) is 0 Å². The Morgan fingerprint density at radius 2 is 1.68 bits per heavy atom. The lowest BCUT2D eigenvalue weighted by atomic mass is 9.81. The first-order valence-electron chi connectivity index (χ1n) is 7.17. The minimum absolute atomic E-state index is 0.245. The summed E-state index contributed by atoms with van der Waals surface area (Å²) in [5.74, 6) is -0.567. The maximum absolute atomic E-state index is 12.2. The second-order valence-corrected chi connectivity index (χ2v) is 4.98. The van der Waals surface area contributed by atoms with Gasteiger partial charge in [-0.2, -0.15) is 0 Å². The molecule has 5 heteroatoms. The summed E-state index contributed by atoms with van der Waals surface area (Å²) in [5.41, 5.74) is -0.722. The molecular weight excluding hydrogens is 246 g/mol. The molecule has 1 atom stereocenters. The monoisotopic (exact) mass is 271 g/mol. The van der Waals surface area contributed by atoms with Crippen molar-refractivity contribution >= 4 is 11.9 Å². The van der Waals surface area contributed by atoms with Gasteiger partial charge in [0, 0.05) is 0 Å². The molecule has 1 rings (SSSR count). The van der Waals surface area contributed by atoms with Gasteiger partial charge in [0.1, 0.15) is 11.6 Å². The molecule has 0 aromatic heterocycles. The third kappa shape index (κ3) is 4.20. The quantitative estimate of drug-likeness (QED) is 0.746. The van der Waals surface area contributed by atoms with E-state index in [9.17, 15) is 9.59 Å². The van der Waals surface area contributed by atoms with Crippen LogP contribution in [0.1, 0.15) is 52.9 Å². The predicted molar refractivity (Wildman–Crippen MR) is 71.7 cm³/mol. The maximum Gasteiger partial charge on any atom is 0.326 e. The third-order valence-electron chi connectivity index (χ3n) is 3.51. The van der Waals surface area contributed by atoms with Crippen LogP contribution >= 0.6 is 0 Å². The van der Waals surface area contributed by atoms with Crippen LogP contribution in [0, 0.1) is 0 Å². The van der Waals surface area contributed by atoms with Crippen LogP contribution in [0.15, 0.2) is 0 Å². The summed E-state index contributed by atoms with van der Waals surface area (Å²) in [6.45, 7) is 6.00. The average Bonchev–Trinajstić information content (AvgIpc) is 2.40. The fraction of sp³-hybridized carbons (Fsp3) is 0.857. The second-order valence-electron chi connectivity index (χ2n) is 4.98. The van der Waals surface area contributed by atoms with E-state index in [2.05, 4.69) is 5.32 Å². The molecule has 5 nitrogen and oxygen atoms in total. The van der Waals surface area contributed by atoms with E-state index in [0.717, 1.165) is 32.1 Å².